The van der Waals surface area contributed by atoms with E-state index in [1.807, 2.05) is 32.0 Å². The van der Waals surface area contributed by atoms with Gasteiger partial charge in [-0.25, -0.2) is 4.39 Å². The first-order chi connectivity index (χ1) is 9.15. The molecule has 2 atom stereocenters. The minimum atomic E-state index is -0.336. The first kappa shape index (κ1) is 12.0. The second kappa shape index (κ2) is 4.53. The zero-order valence-corrected chi connectivity index (χ0v) is 10.9. The van der Waals surface area contributed by atoms with E-state index in [0.29, 0.717) is 0 Å². The highest BCUT2D eigenvalue weighted by Gasteiger charge is 2.29. The number of ether oxygens (including phenoxy) is 1. The lowest BCUT2D eigenvalue weighted by atomic mass is 10.0. The van der Waals surface area contributed by atoms with Gasteiger partial charge in [-0.2, -0.15) is 0 Å². The molecular weight excluding hydrogens is 243 g/mol. The van der Waals surface area contributed by atoms with E-state index >= 15 is 0 Å². The number of aryl methyl sites for hydroxylation is 1. The van der Waals surface area contributed by atoms with Crippen molar-refractivity contribution < 1.29 is 9.13 Å². The highest BCUT2D eigenvalue weighted by atomic mass is 19.1. The molecular formula is C15H15FN2O. The molecule has 0 saturated heterocycles. The van der Waals surface area contributed by atoms with Gasteiger partial charge in [-0.05, 0) is 37.6 Å². The number of para-hydroxylation sites is 1. The molecule has 1 aromatic carbocycles. The van der Waals surface area contributed by atoms with E-state index < -0.39 is 0 Å². The van der Waals surface area contributed by atoms with E-state index in [2.05, 4.69) is 10.3 Å². The maximum absolute atomic E-state index is 12.9. The number of fused-ring (bicyclic) bond motifs is 1. The van der Waals surface area contributed by atoms with Crippen molar-refractivity contribution in [1.29, 1.82) is 0 Å². The molecule has 19 heavy (non-hydrogen) atoms. The summed E-state index contributed by atoms with van der Waals surface area (Å²) in [4.78, 5) is 4.11. The van der Waals surface area contributed by atoms with Crippen LogP contribution in [0.4, 0.5) is 10.1 Å². The number of aromatic nitrogens is 1. The van der Waals surface area contributed by atoms with Crippen LogP contribution in [0.25, 0.3) is 0 Å². The molecule has 3 nitrogen and oxygen atoms in total. The van der Waals surface area contributed by atoms with E-state index in [1.54, 1.807) is 6.07 Å². The van der Waals surface area contributed by atoms with Crippen LogP contribution in [-0.2, 0) is 0 Å². The molecule has 98 valence electrons. The monoisotopic (exact) mass is 258 g/mol. The summed E-state index contributed by atoms with van der Waals surface area (Å²) in [5, 5.41) is 3.41. The molecule has 1 aliphatic rings. The molecule has 0 radical (unpaired) electrons. The number of nitrogens with one attached hydrogen (secondary N) is 1. The summed E-state index contributed by atoms with van der Waals surface area (Å²) in [7, 11) is 0. The molecule has 2 unspecified atom stereocenters. The fraction of sp³-hybridized carbons (Fsp3) is 0.267. The predicted molar refractivity (Wildman–Crippen MR) is 71.8 cm³/mol. The van der Waals surface area contributed by atoms with Gasteiger partial charge in [0, 0.05) is 0 Å². The maximum Gasteiger partial charge on any atom is 0.160 e. The average Bonchev–Trinajstić information content (AvgIpc) is 2.40. The van der Waals surface area contributed by atoms with Gasteiger partial charge in [0.1, 0.15) is 11.6 Å². The maximum atomic E-state index is 12.9. The molecule has 0 fully saturated rings. The van der Waals surface area contributed by atoms with Gasteiger partial charge in [0.15, 0.2) is 6.10 Å². The highest BCUT2D eigenvalue weighted by Crippen LogP contribution is 2.38. The van der Waals surface area contributed by atoms with Gasteiger partial charge in [-0.1, -0.05) is 12.1 Å². The van der Waals surface area contributed by atoms with Crippen LogP contribution in [0.15, 0.2) is 36.5 Å². The number of benzene rings is 1. The van der Waals surface area contributed by atoms with Crippen LogP contribution in [0.5, 0.6) is 5.75 Å². The second-order valence-corrected chi connectivity index (χ2v) is 4.82. The van der Waals surface area contributed by atoms with Gasteiger partial charge < -0.3 is 10.1 Å². The van der Waals surface area contributed by atoms with Gasteiger partial charge in [-0.3, -0.25) is 4.98 Å². The minimum Gasteiger partial charge on any atom is -0.480 e. The third-order valence-corrected chi connectivity index (χ3v) is 3.34. The van der Waals surface area contributed by atoms with E-state index in [1.165, 1.54) is 12.3 Å². The van der Waals surface area contributed by atoms with Crippen LogP contribution < -0.4 is 10.1 Å². The fourth-order valence-electron chi connectivity index (χ4n) is 2.34. The Morgan fingerprint density at radius 2 is 2.11 bits per heavy atom. The van der Waals surface area contributed by atoms with Crippen LogP contribution in [0, 0.1) is 12.7 Å². The van der Waals surface area contributed by atoms with Crippen LogP contribution in [0.1, 0.15) is 24.3 Å². The molecule has 1 aromatic heterocycles. The summed E-state index contributed by atoms with van der Waals surface area (Å²) in [5.41, 5.74) is 2.80. The van der Waals surface area contributed by atoms with Crippen molar-refractivity contribution in [2.45, 2.75) is 26.0 Å². The molecule has 2 heterocycles. The summed E-state index contributed by atoms with van der Waals surface area (Å²) < 4.78 is 19.0. The Morgan fingerprint density at radius 1 is 1.26 bits per heavy atom. The average molecular weight is 258 g/mol. The Bertz CT molecular complexity index is 598. The van der Waals surface area contributed by atoms with Crippen molar-refractivity contribution in [2.24, 2.45) is 0 Å². The Balaban J connectivity index is 1.97. The molecule has 0 amide bonds. The van der Waals surface area contributed by atoms with Crippen molar-refractivity contribution in [3.05, 3.63) is 53.6 Å². The number of halogens is 1. The number of rotatable bonds is 1. The third kappa shape index (κ3) is 2.14. The van der Waals surface area contributed by atoms with Crippen molar-refractivity contribution in [3.63, 3.8) is 0 Å². The summed E-state index contributed by atoms with van der Waals surface area (Å²) in [6.45, 7) is 4.03. The molecule has 1 N–H and O–H groups in total. The molecule has 0 aliphatic carbocycles. The Kier molecular flexibility index (Phi) is 2.85. The highest BCUT2D eigenvalue weighted by molar-refractivity contribution is 5.62. The van der Waals surface area contributed by atoms with Gasteiger partial charge in [-0.15, -0.1) is 0 Å². The third-order valence-electron chi connectivity index (χ3n) is 3.34. The van der Waals surface area contributed by atoms with Gasteiger partial charge >= 0.3 is 0 Å². The lowest BCUT2D eigenvalue weighted by Gasteiger charge is -2.33. The van der Waals surface area contributed by atoms with E-state index in [9.17, 15) is 4.39 Å². The van der Waals surface area contributed by atoms with Gasteiger partial charge in [0.2, 0.25) is 0 Å². The van der Waals surface area contributed by atoms with Crippen LogP contribution in [-0.4, -0.2) is 11.0 Å². The molecule has 0 spiro atoms. The number of hydrogen-bond acceptors (Lipinski definition) is 3. The molecule has 0 saturated carbocycles. The van der Waals surface area contributed by atoms with Crippen molar-refractivity contribution >= 4 is 5.69 Å². The summed E-state index contributed by atoms with van der Waals surface area (Å²) in [5.74, 6) is 0.508. The van der Waals surface area contributed by atoms with E-state index in [-0.39, 0.29) is 18.0 Å². The molecule has 4 heteroatoms. The standard InChI is InChI=1S/C15H15FN2O/c1-9-4-3-5-13-14(9)19-15(10(2)18-13)12-7-6-11(16)8-17-12/h3-8,10,15,18H,1-2H3. The molecule has 3 rings (SSSR count). The Labute approximate surface area is 111 Å². The molecule has 0 bridgehead atoms. The van der Waals surface area contributed by atoms with Crippen LogP contribution in [0.3, 0.4) is 0 Å². The summed E-state index contributed by atoms with van der Waals surface area (Å²) in [6, 6.07) is 9.15. The predicted octanol–water partition coefficient (Wildman–Crippen LogP) is 3.46. The van der Waals surface area contributed by atoms with Crippen molar-refractivity contribution in [2.75, 3.05) is 5.32 Å². The smallest absolute Gasteiger partial charge is 0.160 e. The van der Waals surface area contributed by atoms with Gasteiger partial charge in [0.25, 0.3) is 0 Å². The van der Waals surface area contributed by atoms with Crippen molar-refractivity contribution in [1.82, 2.24) is 4.98 Å². The summed E-state index contributed by atoms with van der Waals surface area (Å²) in [6.07, 6.45) is 1.01. The number of pyridine rings is 1. The number of anilines is 1. The van der Waals surface area contributed by atoms with Crippen LogP contribution >= 0.6 is 0 Å². The van der Waals surface area contributed by atoms with E-state index in [0.717, 1.165) is 22.7 Å². The fourth-order valence-corrected chi connectivity index (χ4v) is 2.34. The molecule has 1 aliphatic heterocycles. The molecule has 2 aromatic rings. The first-order valence-corrected chi connectivity index (χ1v) is 6.29. The lowest BCUT2D eigenvalue weighted by Crippen LogP contribution is -2.33. The van der Waals surface area contributed by atoms with Crippen LogP contribution in [0.2, 0.25) is 0 Å². The normalized spacial score (nSPS) is 21.2. The quantitative estimate of drug-likeness (QED) is 0.850. The second-order valence-electron chi connectivity index (χ2n) is 4.82. The lowest BCUT2D eigenvalue weighted by molar-refractivity contribution is 0.171. The zero-order valence-electron chi connectivity index (χ0n) is 10.9. The van der Waals surface area contributed by atoms with Crippen molar-refractivity contribution in [3.8, 4) is 5.75 Å². The Morgan fingerprint density at radius 3 is 2.84 bits per heavy atom. The Hall–Kier alpha value is -2.10. The van der Waals surface area contributed by atoms with Gasteiger partial charge in [0.05, 0.1) is 23.6 Å². The SMILES string of the molecule is Cc1cccc2c1OC(c1ccc(F)cn1)C(C)N2. The first-order valence-electron chi connectivity index (χ1n) is 6.29. The minimum absolute atomic E-state index is 0.0762. The van der Waals surface area contributed by atoms with E-state index in [4.69, 9.17) is 4.74 Å². The largest absolute Gasteiger partial charge is 0.480 e. The zero-order chi connectivity index (χ0) is 13.4. The summed E-state index contributed by atoms with van der Waals surface area (Å²) >= 11 is 0. The number of hydrogen-bond donors (Lipinski definition) is 1. The topological polar surface area (TPSA) is 34.1 Å². The number of nitrogens with zero attached hydrogens (tertiary/aromatic N) is 1.